The van der Waals surface area contributed by atoms with Gasteiger partial charge in [-0.15, -0.1) is 0 Å². The van der Waals surface area contributed by atoms with Crippen LogP contribution >= 0.6 is 0 Å². The molecule has 0 fully saturated rings. The van der Waals surface area contributed by atoms with Crippen molar-refractivity contribution in [1.82, 2.24) is 0 Å². The minimum atomic E-state index is 0.0114. The van der Waals surface area contributed by atoms with Gasteiger partial charge in [0, 0.05) is 5.41 Å². The minimum Gasteiger partial charge on any atom is -0.0693 e. The topological polar surface area (TPSA) is 0 Å². The molecular formula is C22H16. The van der Waals surface area contributed by atoms with Gasteiger partial charge >= 0.3 is 0 Å². The molecule has 2 aromatic carbocycles. The second kappa shape index (κ2) is 4.20. The quantitative estimate of drug-likeness (QED) is 0.615. The Labute approximate surface area is 130 Å². The Bertz CT molecular complexity index is 905. The normalized spacial score (nSPS) is 23.6. The van der Waals surface area contributed by atoms with Gasteiger partial charge in [0.25, 0.3) is 0 Å². The van der Waals surface area contributed by atoms with Crippen LogP contribution in [0.1, 0.15) is 22.3 Å². The molecule has 0 saturated heterocycles. The fraction of sp³-hybridized carbons (Fsp3) is 0.0909. The number of benzene rings is 2. The molecule has 0 aromatic heterocycles. The molecule has 104 valence electrons. The van der Waals surface area contributed by atoms with Crippen LogP contribution in [0.25, 0.3) is 17.7 Å². The summed E-state index contributed by atoms with van der Waals surface area (Å²) in [7, 11) is 0. The first-order chi connectivity index (χ1) is 10.9. The maximum atomic E-state index is 2.40. The maximum absolute atomic E-state index is 2.40. The molecule has 1 spiro atoms. The van der Waals surface area contributed by atoms with E-state index in [1.165, 1.54) is 33.4 Å². The third kappa shape index (κ3) is 1.47. The van der Waals surface area contributed by atoms with Crippen LogP contribution in [0.4, 0.5) is 0 Å². The van der Waals surface area contributed by atoms with Crippen LogP contribution < -0.4 is 0 Å². The zero-order valence-electron chi connectivity index (χ0n) is 12.3. The first-order valence-corrected chi connectivity index (χ1v) is 7.84. The predicted octanol–water partition coefficient (Wildman–Crippen LogP) is 5.29. The van der Waals surface area contributed by atoms with Crippen molar-refractivity contribution in [3.05, 3.63) is 101 Å². The summed E-state index contributed by atoms with van der Waals surface area (Å²) in [6.45, 7) is 0. The molecule has 0 nitrogen and oxygen atoms in total. The average molecular weight is 280 g/mol. The van der Waals surface area contributed by atoms with Gasteiger partial charge in [0.15, 0.2) is 0 Å². The summed E-state index contributed by atoms with van der Waals surface area (Å²) in [5.74, 6) is 0. The van der Waals surface area contributed by atoms with E-state index in [-0.39, 0.29) is 5.41 Å². The van der Waals surface area contributed by atoms with Crippen molar-refractivity contribution in [3.8, 4) is 0 Å². The van der Waals surface area contributed by atoms with Crippen molar-refractivity contribution < 1.29 is 0 Å². The first kappa shape index (κ1) is 12.0. The molecule has 0 heteroatoms. The summed E-state index contributed by atoms with van der Waals surface area (Å²) >= 11 is 0. The van der Waals surface area contributed by atoms with Crippen LogP contribution in [0.2, 0.25) is 0 Å². The van der Waals surface area contributed by atoms with Crippen LogP contribution in [-0.2, 0) is 6.42 Å². The summed E-state index contributed by atoms with van der Waals surface area (Å²) in [6, 6.07) is 17.5. The monoisotopic (exact) mass is 280 g/mol. The van der Waals surface area contributed by atoms with Gasteiger partial charge in [0.1, 0.15) is 0 Å². The van der Waals surface area contributed by atoms with Gasteiger partial charge in [0.2, 0.25) is 0 Å². The molecule has 3 aliphatic rings. The molecule has 0 aliphatic heterocycles. The summed E-state index contributed by atoms with van der Waals surface area (Å²) in [6.07, 6.45) is 14.8. The minimum absolute atomic E-state index is 0.0114. The van der Waals surface area contributed by atoms with Crippen molar-refractivity contribution in [3.63, 3.8) is 0 Å². The molecule has 3 aliphatic carbocycles. The van der Waals surface area contributed by atoms with Crippen molar-refractivity contribution in [2.24, 2.45) is 5.41 Å². The highest BCUT2D eigenvalue weighted by atomic mass is 14.4. The molecule has 0 radical (unpaired) electrons. The lowest BCUT2D eigenvalue weighted by Crippen LogP contribution is -2.31. The number of hydrogen-bond donors (Lipinski definition) is 0. The zero-order chi connectivity index (χ0) is 14.6. The third-order valence-corrected chi connectivity index (χ3v) is 5.15. The van der Waals surface area contributed by atoms with E-state index in [1.807, 2.05) is 0 Å². The van der Waals surface area contributed by atoms with Crippen LogP contribution in [0.3, 0.4) is 0 Å². The Kier molecular flexibility index (Phi) is 2.29. The lowest BCUT2D eigenvalue weighted by atomic mass is 9.60. The SMILES string of the molecule is C1=CC2=Cc3ccccc3C3=Cc4ccccc4CC23C=C1. The van der Waals surface area contributed by atoms with E-state index in [2.05, 4.69) is 85.0 Å². The number of hydrogen-bond acceptors (Lipinski definition) is 0. The van der Waals surface area contributed by atoms with Crippen molar-refractivity contribution >= 4 is 17.7 Å². The van der Waals surface area contributed by atoms with E-state index in [1.54, 1.807) is 0 Å². The fourth-order valence-corrected chi connectivity index (χ4v) is 4.08. The molecule has 1 atom stereocenters. The molecule has 0 amide bonds. The smallest absolute Gasteiger partial charge is 0.0432 e. The highest BCUT2D eigenvalue weighted by molar-refractivity contribution is 5.98. The van der Waals surface area contributed by atoms with Crippen molar-refractivity contribution in [2.75, 3.05) is 0 Å². The van der Waals surface area contributed by atoms with Gasteiger partial charge in [-0.2, -0.15) is 0 Å². The maximum Gasteiger partial charge on any atom is 0.0432 e. The van der Waals surface area contributed by atoms with Crippen LogP contribution in [0.15, 0.2) is 78.4 Å². The lowest BCUT2D eigenvalue weighted by Gasteiger charge is -2.43. The number of rotatable bonds is 0. The van der Waals surface area contributed by atoms with E-state index >= 15 is 0 Å². The Morgan fingerprint density at radius 2 is 1.59 bits per heavy atom. The largest absolute Gasteiger partial charge is 0.0693 e. The van der Waals surface area contributed by atoms with Crippen LogP contribution in [0, 0.1) is 5.41 Å². The molecule has 0 bridgehead atoms. The Balaban J connectivity index is 1.87. The van der Waals surface area contributed by atoms with E-state index in [0.717, 1.165) is 6.42 Å². The first-order valence-electron chi connectivity index (χ1n) is 7.84. The second-order valence-electron chi connectivity index (χ2n) is 6.31. The molecule has 0 N–H and O–H groups in total. The molecule has 5 rings (SSSR count). The highest BCUT2D eigenvalue weighted by Gasteiger charge is 2.41. The standard InChI is InChI=1S/C22H16/c1-2-9-18-15-22-12-6-5-10-19(22)13-17-8-3-4-11-20(17)21(22)14-16(18)7-1/h1-14H,15H2. The fourth-order valence-electron chi connectivity index (χ4n) is 4.08. The van der Waals surface area contributed by atoms with Gasteiger partial charge in [0.05, 0.1) is 0 Å². The van der Waals surface area contributed by atoms with Gasteiger partial charge in [-0.25, -0.2) is 0 Å². The van der Waals surface area contributed by atoms with Crippen LogP contribution in [0.5, 0.6) is 0 Å². The van der Waals surface area contributed by atoms with Gasteiger partial charge in [-0.1, -0.05) is 72.8 Å². The summed E-state index contributed by atoms with van der Waals surface area (Å²) in [5, 5.41) is 0. The molecule has 1 unspecified atom stereocenters. The van der Waals surface area contributed by atoms with Crippen molar-refractivity contribution in [2.45, 2.75) is 6.42 Å². The molecular weight excluding hydrogens is 264 g/mol. The van der Waals surface area contributed by atoms with E-state index in [4.69, 9.17) is 0 Å². The third-order valence-electron chi connectivity index (χ3n) is 5.15. The van der Waals surface area contributed by atoms with E-state index in [9.17, 15) is 0 Å². The van der Waals surface area contributed by atoms with Crippen molar-refractivity contribution in [1.29, 1.82) is 0 Å². The molecule has 2 aromatic rings. The van der Waals surface area contributed by atoms with Gasteiger partial charge < -0.3 is 0 Å². The van der Waals surface area contributed by atoms with E-state index in [0.29, 0.717) is 0 Å². The molecule has 0 saturated carbocycles. The predicted molar refractivity (Wildman–Crippen MR) is 93.1 cm³/mol. The Morgan fingerprint density at radius 1 is 0.773 bits per heavy atom. The molecule has 0 heterocycles. The van der Waals surface area contributed by atoms with Gasteiger partial charge in [-0.05, 0) is 52.0 Å². The summed E-state index contributed by atoms with van der Waals surface area (Å²) in [4.78, 5) is 0. The lowest BCUT2D eigenvalue weighted by molar-refractivity contribution is 0.609. The Morgan fingerprint density at radius 3 is 2.55 bits per heavy atom. The molecule has 22 heavy (non-hydrogen) atoms. The summed E-state index contributed by atoms with van der Waals surface area (Å²) in [5.41, 5.74) is 8.38. The summed E-state index contributed by atoms with van der Waals surface area (Å²) < 4.78 is 0. The van der Waals surface area contributed by atoms with Gasteiger partial charge in [-0.3, -0.25) is 0 Å². The second-order valence-corrected chi connectivity index (χ2v) is 6.31. The number of allylic oxidation sites excluding steroid dienone is 6. The average Bonchev–Trinajstić information content (AvgIpc) is 2.57. The highest BCUT2D eigenvalue weighted by Crippen LogP contribution is 2.55. The zero-order valence-corrected chi connectivity index (χ0v) is 12.3. The van der Waals surface area contributed by atoms with E-state index < -0.39 is 0 Å². The Hall–Kier alpha value is -2.60. The van der Waals surface area contributed by atoms with Crippen LogP contribution in [-0.4, -0.2) is 0 Å². The number of fused-ring (bicyclic) bond motifs is 3.